The Kier molecular flexibility index (Phi) is 4.41. The van der Waals surface area contributed by atoms with Crippen molar-refractivity contribution in [1.29, 1.82) is 0 Å². The molecule has 0 aliphatic heterocycles. The molecule has 6 nitrogen and oxygen atoms in total. The number of aromatic nitrogens is 2. The maximum Gasteiger partial charge on any atom is 0.257 e. The van der Waals surface area contributed by atoms with Gasteiger partial charge in [-0.3, -0.25) is 4.79 Å². The smallest absolute Gasteiger partial charge is 0.257 e. The molecule has 1 aliphatic carbocycles. The van der Waals surface area contributed by atoms with Gasteiger partial charge in [0.15, 0.2) is 5.82 Å². The lowest BCUT2D eigenvalue weighted by Gasteiger charge is -2.28. The third-order valence-corrected chi connectivity index (χ3v) is 4.01. The first-order valence-electron chi connectivity index (χ1n) is 8.33. The van der Waals surface area contributed by atoms with E-state index in [0.29, 0.717) is 30.5 Å². The van der Waals surface area contributed by atoms with Crippen molar-refractivity contribution in [2.75, 3.05) is 13.1 Å². The zero-order valence-corrected chi connectivity index (χ0v) is 14.3. The van der Waals surface area contributed by atoms with E-state index in [1.165, 1.54) is 0 Å². The number of carbonyl (C=O) groups is 1. The number of hydrogen-bond acceptors (Lipinski definition) is 5. The Morgan fingerprint density at radius 2 is 2.00 bits per heavy atom. The molecule has 0 atom stereocenters. The van der Waals surface area contributed by atoms with Crippen LogP contribution in [0, 0.1) is 0 Å². The van der Waals surface area contributed by atoms with Crippen molar-refractivity contribution in [2.24, 2.45) is 0 Å². The SMILES string of the molecule is CCN(CC(C)(C)O)C(=O)c1ccc(-c2nc(C3CC3)no2)cc1. The van der Waals surface area contributed by atoms with Crippen molar-refractivity contribution >= 4 is 5.91 Å². The molecule has 1 aromatic carbocycles. The van der Waals surface area contributed by atoms with Crippen LogP contribution in [0.25, 0.3) is 11.5 Å². The second-order valence-electron chi connectivity index (χ2n) is 6.94. The molecule has 24 heavy (non-hydrogen) atoms. The second kappa shape index (κ2) is 6.36. The minimum absolute atomic E-state index is 0.102. The summed E-state index contributed by atoms with van der Waals surface area (Å²) in [7, 11) is 0. The predicted octanol–water partition coefficient (Wildman–Crippen LogP) is 2.85. The summed E-state index contributed by atoms with van der Waals surface area (Å²) in [4.78, 5) is 18.6. The zero-order chi connectivity index (χ0) is 17.3. The molecule has 0 bridgehead atoms. The van der Waals surface area contributed by atoms with E-state index in [1.807, 2.05) is 19.1 Å². The van der Waals surface area contributed by atoms with Gasteiger partial charge >= 0.3 is 0 Å². The van der Waals surface area contributed by atoms with Gasteiger partial charge in [0.1, 0.15) is 0 Å². The maximum absolute atomic E-state index is 12.6. The Morgan fingerprint density at radius 3 is 2.54 bits per heavy atom. The van der Waals surface area contributed by atoms with E-state index in [-0.39, 0.29) is 5.91 Å². The Hall–Kier alpha value is -2.21. The molecule has 1 N–H and O–H groups in total. The molecule has 0 spiro atoms. The van der Waals surface area contributed by atoms with E-state index >= 15 is 0 Å². The van der Waals surface area contributed by atoms with Crippen LogP contribution in [0.2, 0.25) is 0 Å². The van der Waals surface area contributed by atoms with Crippen LogP contribution in [0.4, 0.5) is 0 Å². The summed E-state index contributed by atoms with van der Waals surface area (Å²) in [5, 5.41) is 13.9. The topological polar surface area (TPSA) is 79.5 Å². The zero-order valence-electron chi connectivity index (χ0n) is 14.3. The molecule has 1 aliphatic rings. The van der Waals surface area contributed by atoms with Gasteiger partial charge in [0, 0.05) is 30.1 Å². The number of carbonyl (C=O) groups excluding carboxylic acids is 1. The second-order valence-corrected chi connectivity index (χ2v) is 6.94. The Bertz CT molecular complexity index is 712. The maximum atomic E-state index is 12.6. The van der Waals surface area contributed by atoms with Gasteiger partial charge in [-0.05, 0) is 57.9 Å². The largest absolute Gasteiger partial charge is 0.389 e. The number of nitrogens with zero attached hydrogens (tertiary/aromatic N) is 3. The van der Waals surface area contributed by atoms with Crippen LogP contribution in [-0.2, 0) is 0 Å². The summed E-state index contributed by atoms with van der Waals surface area (Å²) in [5.74, 6) is 1.60. The van der Waals surface area contributed by atoms with Crippen LogP contribution in [-0.4, -0.2) is 44.7 Å². The molecular weight excluding hydrogens is 306 g/mol. The van der Waals surface area contributed by atoms with Crippen LogP contribution in [0.5, 0.6) is 0 Å². The molecule has 0 radical (unpaired) electrons. The quantitative estimate of drug-likeness (QED) is 0.881. The van der Waals surface area contributed by atoms with E-state index < -0.39 is 5.60 Å². The van der Waals surface area contributed by atoms with Gasteiger partial charge in [0.05, 0.1) is 5.60 Å². The molecule has 1 saturated carbocycles. The number of amides is 1. The van der Waals surface area contributed by atoms with Gasteiger partial charge in [0.2, 0.25) is 0 Å². The fraction of sp³-hybridized carbons (Fsp3) is 0.500. The molecule has 1 amide bonds. The summed E-state index contributed by atoms with van der Waals surface area (Å²) < 4.78 is 5.30. The van der Waals surface area contributed by atoms with Crippen LogP contribution >= 0.6 is 0 Å². The van der Waals surface area contributed by atoms with Crippen LogP contribution in [0.15, 0.2) is 28.8 Å². The normalized spacial score (nSPS) is 14.7. The summed E-state index contributed by atoms with van der Waals surface area (Å²) in [6, 6.07) is 7.14. The van der Waals surface area contributed by atoms with Crippen molar-refractivity contribution in [3.63, 3.8) is 0 Å². The van der Waals surface area contributed by atoms with Crippen molar-refractivity contribution in [3.05, 3.63) is 35.7 Å². The molecule has 1 heterocycles. The molecule has 3 rings (SSSR count). The van der Waals surface area contributed by atoms with E-state index in [2.05, 4.69) is 10.1 Å². The molecular formula is C18H23N3O3. The first kappa shape index (κ1) is 16.6. The molecule has 6 heteroatoms. The fourth-order valence-electron chi connectivity index (χ4n) is 2.59. The highest BCUT2D eigenvalue weighted by molar-refractivity contribution is 5.94. The minimum atomic E-state index is -0.922. The number of benzene rings is 1. The lowest BCUT2D eigenvalue weighted by atomic mass is 10.1. The summed E-state index contributed by atoms with van der Waals surface area (Å²) >= 11 is 0. The number of likely N-dealkylation sites (N-methyl/N-ethyl adjacent to an activating group) is 1. The molecule has 1 aromatic heterocycles. The van der Waals surface area contributed by atoms with Gasteiger partial charge < -0.3 is 14.5 Å². The highest BCUT2D eigenvalue weighted by Crippen LogP contribution is 2.38. The van der Waals surface area contributed by atoms with Gasteiger partial charge in [-0.1, -0.05) is 5.16 Å². The first-order valence-corrected chi connectivity index (χ1v) is 8.33. The van der Waals surface area contributed by atoms with Crippen LogP contribution < -0.4 is 0 Å². The Morgan fingerprint density at radius 1 is 1.33 bits per heavy atom. The van der Waals surface area contributed by atoms with Gasteiger partial charge in [0.25, 0.3) is 11.8 Å². The van der Waals surface area contributed by atoms with Crippen molar-refractivity contribution in [3.8, 4) is 11.5 Å². The highest BCUT2D eigenvalue weighted by atomic mass is 16.5. The third-order valence-electron chi connectivity index (χ3n) is 4.01. The Balaban J connectivity index is 1.73. The van der Waals surface area contributed by atoms with E-state index in [4.69, 9.17) is 4.52 Å². The van der Waals surface area contributed by atoms with Gasteiger partial charge in [-0.25, -0.2) is 0 Å². The molecule has 0 unspecified atom stereocenters. The lowest BCUT2D eigenvalue weighted by Crippen LogP contribution is -2.42. The standard InChI is InChI=1S/C18H23N3O3/c1-4-21(11-18(2,3)23)17(22)14-9-7-13(8-10-14)16-19-15(20-24-16)12-5-6-12/h7-10,12,23H,4-6,11H2,1-3H3. The van der Waals surface area contributed by atoms with Crippen molar-refractivity contribution in [1.82, 2.24) is 15.0 Å². The summed E-state index contributed by atoms with van der Waals surface area (Å²) in [5.41, 5.74) is 0.456. The van der Waals surface area contributed by atoms with E-state index in [1.54, 1.807) is 30.9 Å². The predicted molar refractivity (Wildman–Crippen MR) is 89.6 cm³/mol. The van der Waals surface area contributed by atoms with E-state index in [0.717, 1.165) is 24.2 Å². The monoisotopic (exact) mass is 329 g/mol. The average Bonchev–Trinajstić information content (AvgIpc) is 3.28. The molecule has 2 aromatic rings. The van der Waals surface area contributed by atoms with Crippen molar-refractivity contribution in [2.45, 2.75) is 45.1 Å². The van der Waals surface area contributed by atoms with Crippen molar-refractivity contribution < 1.29 is 14.4 Å². The molecule has 0 saturated heterocycles. The minimum Gasteiger partial charge on any atom is -0.389 e. The number of aliphatic hydroxyl groups is 1. The molecule has 1 fully saturated rings. The average molecular weight is 329 g/mol. The number of rotatable bonds is 6. The first-order chi connectivity index (χ1) is 11.4. The fourth-order valence-corrected chi connectivity index (χ4v) is 2.59. The summed E-state index contributed by atoms with van der Waals surface area (Å²) in [6.45, 7) is 6.12. The Labute approximate surface area is 141 Å². The van der Waals surface area contributed by atoms with E-state index in [9.17, 15) is 9.90 Å². The van der Waals surface area contributed by atoms with Crippen LogP contribution in [0.3, 0.4) is 0 Å². The van der Waals surface area contributed by atoms with Crippen LogP contribution in [0.1, 0.15) is 55.7 Å². The molecule has 128 valence electrons. The number of hydrogen-bond donors (Lipinski definition) is 1. The lowest BCUT2D eigenvalue weighted by molar-refractivity contribution is 0.0314. The van der Waals surface area contributed by atoms with Gasteiger partial charge in [-0.15, -0.1) is 0 Å². The summed E-state index contributed by atoms with van der Waals surface area (Å²) in [6.07, 6.45) is 2.25. The highest BCUT2D eigenvalue weighted by Gasteiger charge is 2.29. The third kappa shape index (κ3) is 3.82. The van der Waals surface area contributed by atoms with Gasteiger partial charge in [-0.2, -0.15) is 4.98 Å².